The van der Waals surface area contributed by atoms with Crippen LogP contribution in [0.25, 0.3) is 11.3 Å². The molecular weight excluding hydrogens is 432 g/mol. The molecule has 0 bridgehead atoms. The number of nitrogens with zero attached hydrogens (tertiary/aromatic N) is 3. The number of aliphatic hydroxyl groups excluding tert-OH is 2. The fourth-order valence-electron chi connectivity index (χ4n) is 3.36. The predicted molar refractivity (Wildman–Crippen MR) is 126 cm³/mol. The number of benzene rings is 2. The van der Waals surface area contributed by atoms with Gasteiger partial charge in [0.1, 0.15) is 17.6 Å². The Balaban J connectivity index is 1.40. The highest BCUT2D eigenvalue weighted by Gasteiger charge is 2.12. The Hall–Kier alpha value is -4.19. The minimum atomic E-state index is -0.663. The summed E-state index contributed by atoms with van der Waals surface area (Å²) in [6.07, 6.45) is 2.78. The average Bonchev–Trinajstić information content (AvgIpc) is 3.52. The van der Waals surface area contributed by atoms with Crippen molar-refractivity contribution in [1.29, 1.82) is 0 Å². The maximum atomic E-state index is 11.9. The zero-order valence-electron chi connectivity index (χ0n) is 18.6. The van der Waals surface area contributed by atoms with Gasteiger partial charge in [-0.1, -0.05) is 17.0 Å². The average molecular weight is 457 g/mol. The summed E-state index contributed by atoms with van der Waals surface area (Å²) in [5.41, 5.74) is 3.76. The monoisotopic (exact) mass is 456 g/mol. The molecule has 0 saturated heterocycles. The Kier molecular flexibility index (Phi) is 7.18. The Bertz CT molecular complexity index is 1310. The van der Waals surface area contributed by atoms with Crippen molar-refractivity contribution >= 4 is 5.91 Å². The van der Waals surface area contributed by atoms with Gasteiger partial charge in [0.2, 0.25) is 0 Å². The number of aliphatic hydroxyl groups is 2. The zero-order chi connectivity index (χ0) is 23.9. The van der Waals surface area contributed by atoms with E-state index in [1.54, 1.807) is 43.6 Å². The van der Waals surface area contributed by atoms with Crippen LogP contribution in [0.4, 0.5) is 0 Å². The molecule has 0 fully saturated rings. The standard InChI is InChI=1S/C26H24N4O4/c1-18(32)25-27-12-14-30(25)17-23-16-24(34-29-23)21-8-4-19(5-9-21)2-3-20-6-10-22(11-7-20)26(33)28-13-15-31/h4-12,14,16,18,31-32H,13,15,17H2,1H3,(H,28,33). The van der Waals surface area contributed by atoms with Crippen LogP contribution in [0.2, 0.25) is 0 Å². The SMILES string of the molecule is CC(O)c1nccn1Cc1cc(-c2ccc(C#Cc3ccc(C(=O)NCCO)cc3)cc2)on1. The molecule has 0 aliphatic carbocycles. The normalized spacial score (nSPS) is 11.5. The number of carbonyl (C=O) groups is 1. The third-order valence-corrected chi connectivity index (χ3v) is 5.08. The summed E-state index contributed by atoms with van der Waals surface area (Å²) in [4.78, 5) is 16.0. The second-order valence-electron chi connectivity index (χ2n) is 7.66. The molecular formula is C26H24N4O4. The Morgan fingerprint density at radius 2 is 1.79 bits per heavy atom. The van der Waals surface area contributed by atoms with Crippen molar-refractivity contribution in [2.24, 2.45) is 0 Å². The summed E-state index contributed by atoms with van der Waals surface area (Å²) < 4.78 is 7.33. The van der Waals surface area contributed by atoms with Crippen molar-refractivity contribution in [1.82, 2.24) is 20.0 Å². The molecule has 8 heteroatoms. The predicted octanol–water partition coefficient (Wildman–Crippen LogP) is 2.76. The quantitative estimate of drug-likeness (QED) is 0.369. The van der Waals surface area contributed by atoms with Crippen LogP contribution in [0.3, 0.4) is 0 Å². The maximum Gasteiger partial charge on any atom is 0.251 e. The summed E-state index contributed by atoms with van der Waals surface area (Å²) in [5, 5.41) is 25.3. The van der Waals surface area contributed by atoms with Gasteiger partial charge in [0.25, 0.3) is 5.91 Å². The highest BCUT2D eigenvalue weighted by atomic mass is 16.5. The molecule has 0 saturated carbocycles. The van der Waals surface area contributed by atoms with E-state index in [0.29, 0.717) is 23.7 Å². The largest absolute Gasteiger partial charge is 0.395 e. The van der Waals surface area contributed by atoms with Gasteiger partial charge in [-0.3, -0.25) is 4.79 Å². The van der Waals surface area contributed by atoms with E-state index < -0.39 is 6.10 Å². The minimum absolute atomic E-state index is 0.0952. The van der Waals surface area contributed by atoms with Crippen LogP contribution in [0.5, 0.6) is 0 Å². The number of hydrogen-bond donors (Lipinski definition) is 3. The third-order valence-electron chi connectivity index (χ3n) is 5.08. The number of aromatic nitrogens is 3. The molecule has 2 aromatic heterocycles. The van der Waals surface area contributed by atoms with Gasteiger partial charge in [0.05, 0.1) is 13.2 Å². The molecule has 4 rings (SSSR count). The molecule has 0 aliphatic heterocycles. The topological polar surface area (TPSA) is 113 Å². The van der Waals surface area contributed by atoms with E-state index in [1.807, 2.05) is 34.9 Å². The maximum absolute atomic E-state index is 11.9. The first-order valence-electron chi connectivity index (χ1n) is 10.8. The van der Waals surface area contributed by atoms with E-state index in [-0.39, 0.29) is 19.1 Å². The van der Waals surface area contributed by atoms with Crippen LogP contribution in [0, 0.1) is 11.8 Å². The van der Waals surface area contributed by atoms with Crippen molar-refractivity contribution in [2.75, 3.05) is 13.2 Å². The summed E-state index contributed by atoms with van der Waals surface area (Å²) in [7, 11) is 0. The van der Waals surface area contributed by atoms with Crippen LogP contribution in [-0.4, -0.2) is 44.0 Å². The van der Waals surface area contributed by atoms with Crippen LogP contribution in [0.1, 0.15) is 46.0 Å². The zero-order valence-corrected chi connectivity index (χ0v) is 18.6. The van der Waals surface area contributed by atoms with E-state index in [2.05, 4.69) is 27.3 Å². The van der Waals surface area contributed by atoms with Crippen LogP contribution in [0.15, 0.2) is 71.5 Å². The van der Waals surface area contributed by atoms with Crippen LogP contribution >= 0.6 is 0 Å². The van der Waals surface area contributed by atoms with Crippen molar-refractivity contribution in [2.45, 2.75) is 19.6 Å². The third kappa shape index (κ3) is 5.59. The van der Waals surface area contributed by atoms with Gasteiger partial charge in [0.15, 0.2) is 5.76 Å². The first-order valence-corrected chi connectivity index (χ1v) is 10.8. The van der Waals surface area contributed by atoms with E-state index in [4.69, 9.17) is 9.63 Å². The fraction of sp³-hybridized carbons (Fsp3) is 0.192. The molecule has 0 radical (unpaired) electrons. The van der Waals surface area contributed by atoms with Crippen molar-refractivity contribution < 1.29 is 19.5 Å². The number of rotatable bonds is 7. The van der Waals surface area contributed by atoms with Crippen molar-refractivity contribution in [3.8, 4) is 23.2 Å². The number of hydrogen-bond acceptors (Lipinski definition) is 6. The van der Waals surface area contributed by atoms with Gasteiger partial charge in [-0.25, -0.2) is 4.98 Å². The Labute approximate surface area is 196 Å². The molecule has 8 nitrogen and oxygen atoms in total. The molecule has 34 heavy (non-hydrogen) atoms. The molecule has 1 unspecified atom stereocenters. The molecule has 0 aliphatic rings. The van der Waals surface area contributed by atoms with Gasteiger partial charge >= 0.3 is 0 Å². The van der Waals surface area contributed by atoms with Gasteiger partial charge < -0.3 is 24.6 Å². The van der Waals surface area contributed by atoms with E-state index in [9.17, 15) is 9.90 Å². The smallest absolute Gasteiger partial charge is 0.251 e. The second kappa shape index (κ2) is 10.6. The van der Waals surface area contributed by atoms with Gasteiger partial charge in [-0.05, 0) is 55.5 Å². The molecule has 1 atom stereocenters. The van der Waals surface area contributed by atoms with E-state index in [0.717, 1.165) is 22.4 Å². The first kappa shape index (κ1) is 23.0. The molecule has 4 aromatic rings. The lowest BCUT2D eigenvalue weighted by molar-refractivity contribution is 0.0944. The lowest BCUT2D eigenvalue weighted by atomic mass is 10.1. The van der Waals surface area contributed by atoms with Crippen molar-refractivity contribution in [3.05, 3.63) is 95.2 Å². The van der Waals surface area contributed by atoms with Crippen LogP contribution < -0.4 is 5.32 Å². The number of amides is 1. The number of imidazole rings is 1. The summed E-state index contributed by atoms with van der Waals surface area (Å²) in [6, 6.07) is 16.5. The summed E-state index contributed by atoms with van der Waals surface area (Å²) in [5.74, 6) is 7.19. The fourth-order valence-corrected chi connectivity index (χ4v) is 3.36. The second-order valence-corrected chi connectivity index (χ2v) is 7.66. The molecule has 0 spiro atoms. The molecule has 2 aromatic carbocycles. The molecule has 1 amide bonds. The first-order chi connectivity index (χ1) is 16.5. The highest BCUT2D eigenvalue weighted by Crippen LogP contribution is 2.22. The molecule has 2 heterocycles. The van der Waals surface area contributed by atoms with Crippen molar-refractivity contribution in [3.63, 3.8) is 0 Å². The van der Waals surface area contributed by atoms with Gasteiger partial charge in [0, 0.05) is 47.3 Å². The van der Waals surface area contributed by atoms with E-state index in [1.165, 1.54) is 0 Å². The summed E-state index contributed by atoms with van der Waals surface area (Å²) in [6.45, 7) is 2.25. The van der Waals surface area contributed by atoms with Gasteiger partial charge in [-0.15, -0.1) is 0 Å². The lowest BCUT2D eigenvalue weighted by Crippen LogP contribution is -2.26. The summed E-state index contributed by atoms with van der Waals surface area (Å²) >= 11 is 0. The number of nitrogens with one attached hydrogen (secondary N) is 1. The number of carbonyl (C=O) groups excluding carboxylic acids is 1. The minimum Gasteiger partial charge on any atom is -0.395 e. The lowest BCUT2D eigenvalue weighted by Gasteiger charge is -2.07. The Morgan fingerprint density at radius 3 is 2.44 bits per heavy atom. The highest BCUT2D eigenvalue weighted by molar-refractivity contribution is 5.94. The van der Waals surface area contributed by atoms with Crippen LogP contribution in [-0.2, 0) is 6.54 Å². The van der Waals surface area contributed by atoms with E-state index >= 15 is 0 Å². The molecule has 172 valence electrons. The molecule has 3 N–H and O–H groups in total. The Morgan fingerprint density at radius 1 is 1.12 bits per heavy atom. The van der Waals surface area contributed by atoms with Gasteiger partial charge in [-0.2, -0.15) is 0 Å².